The summed E-state index contributed by atoms with van der Waals surface area (Å²) in [5, 5.41) is 17.2. The molecule has 0 amide bonds. The second-order valence-electron chi connectivity index (χ2n) is 8.04. The lowest BCUT2D eigenvalue weighted by Gasteiger charge is -2.14. The monoisotopic (exact) mass is 453 g/mol. The quantitative estimate of drug-likeness (QED) is 0.236. The summed E-state index contributed by atoms with van der Waals surface area (Å²) in [6.45, 7) is 2.07. The first kappa shape index (κ1) is 22.9. The van der Waals surface area contributed by atoms with Crippen molar-refractivity contribution in [3.8, 4) is 17.0 Å². The molecule has 4 rings (SSSR count). The normalized spacial score (nSPS) is 10.8. The van der Waals surface area contributed by atoms with Crippen molar-refractivity contribution in [2.24, 2.45) is 5.73 Å². The molecular formula is C27H27N5O2. The minimum Gasteiger partial charge on any atom is -0.472 e. The van der Waals surface area contributed by atoms with E-state index < -0.39 is 0 Å². The number of hydrogen-bond donors (Lipinski definition) is 4. The molecule has 0 spiro atoms. The van der Waals surface area contributed by atoms with Gasteiger partial charge in [-0.25, -0.2) is 4.98 Å². The Morgan fingerprint density at radius 1 is 0.941 bits per heavy atom. The van der Waals surface area contributed by atoms with E-state index in [0.29, 0.717) is 41.7 Å². The van der Waals surface area contributed by atoms with Crippen LogP contribution in [0.25, 0.3) is 11.1 Å². The van der Waals surface area contributed by atoms with Crippen LogP contribution in [-0.2, 0) is 19.6 Å². The molecule has 172 valence electrons. The van der Waals surface area contributed by atoms with Crippen LogP contribution in [0.3, 0.4) is 0 Å². The molecule has 6 N–H and O–H groups in total. The second kappa shape index (κ2) is 10.1. The predicted octanol–water partition coefficient (Wildman–Crippen LogP) is 3.98. The molecule has 34 heavy (non-hydrogen) atoms. The lowest BCUT2D eigenvalue weighted by atomic mass is 9.98. The van der Waals surface area contributed by atoms with Gasteiger partial charge in [0.05, 0.1) is 12.2 Å². The number of nitrogens with two attached hydrogens (primary N) is 2. The maximum atomic E-state index is 9.43. The number of aliphatic hydroxyl groups is 1. The Hall–Kier alpha value is -4.23. The van der Waals surface area contributed by atoms with Gasteiger partial charge in [-0.3, -0.25) is 5.41 Å². The van der Waals surface area contributed by atoms with Crippen LogP contribution >= 0.6 is 0 Å². The predicted molar refractivity (Wildman–Crippen MR) is 134 cm³/mol. The topological polar surface area (TPSA) is 131 Å². The molecule has 0 fully saturated rings. The van der Waals surface area contributed by atoms with E-state index in [2.05, 4.69) is 9.97 Å². The molecule has 0 saturated carbocycles. The minimum absolute atomic E-state index is 0.0238. The zero-order chi connectivity index (χ0) is 24.1. The highest BCUT2D eigenvalue weighted by molar-refractivity contribution is 6.01. The molecule has 1 aromatic heterocycles. The third kappa shape index (κ3) is 5.22. The molecule has 0 unspecified atom stereocenters. The number of nitrogens with one attached hydrogen (secondary N) is 1. The number of aryl methyl sites for hydroxylation is 1. The van der Waals surface area contributed by atoms with E-state index in [1.54, 1.807) is 6.92 Å². The number of amidine groups is 1. The third-order valence-electron chi connectivity index (χ3n) is 5.53. The van der Waals surface area contributed by atoms with Crippen LogP contribution < -0.4 is 16.2 Å². The lowest BCUT2D eigenvalue weighted by Crippen LogP contribution is -2.12. The molecule has 0 atom stereocenters. The van der Waals surface area contributed by atoms with Crippen molar-refractivity contribution in [3.63, 3.8) is 0 Å². The summed E-state index contributed by atoms with van der Waals surface area (Å²) in [5.74, 6) is 1.41. The first-order valence-electron chi connectivity index (χ1n) is 10.9. The molecule has 0 aliphatic rings. The number of nitrogen functional groups attached to an aromatic ring is 2. The summed E-state index contributed by atoms with van der Waals surface area (Å²) >= 11 is 0. The number of aliphatic hydroxyl groups excluding tert-OH is 1. The molecule has 7 nitrogen and oxygen atoms in total. The zero-order valence-corrected chi connectivity index (χ0v) is 19.0. The van der Waals surface area contributed by atoms with Gasteiger partial charge in [-0.05, 0) is 34.7 Å². The fourth-order valence-electron chi connectivity index (χ4n) is 3.82. The molecule has 0 saturated heterocycles. The Labute approximate surface area is 198 Å². The van der Waals surface area contributed by atoms with E-state index in [1.807, 2.05) is 72.8 Å². The van der Waals surface area contributed by atoms with Gasteiger partial charge in [-0.15, -0.1) is 0 Å². The number of rotatable bonds is 8. The second-order valence-corrected chi connectivity index (χ2v) is 8.04. The van der Waals surface area contributed by atoms with Gasteiger partial charge < -0.3 is 21.3 Å². The Bertz CT molecular complexity index is 1320. The molecular weight excluding hydrogens is 426 g/mol. The summed E-state index contributed by atoms with van der Waals surface area (Å²) in [7, 11) is 0. The maximum absolute atomic E-state index is 9.43. The van der Waals surface area contributed by atoms with Crippen molar-refractivity contribution >= 4 is 11.7 Å². The van der Waals surface area contributed by atoms with Gasteiger partial charge in [0.15, 0.2) is 0 Å². The Morgan fingerprint density at radius 3 is 2.41 bits per heavy atom. The number of aromatic nitrogens is 2. The summed E-state index contributed by atoms with van der Waals surface area (Å²) in [6.07, 6.45) is 0.496. The van der Waals surface area contributed by atoms with Crippen LogP contribution in [0, 0.1) is 12.3 Å². The minimum atomic E-state index is -0.0238. The van der Waals surface area contributed by atoms with Crippen molar-refractivity contribution in [2.75, 3.05) is 5.73 Å². The highest BCUT2D eigenvalue weighted by Crippen LogP contribution is 2.27. The number of ether oxygens (including phenoxy) is 1. The van der Waals surface area contributed by atoms with Gasteiger partial charge >= 0.3 is 0 Å². The molecule has 3 aromatic carbocycles. The van der Waals surface area contributed by atoms with Crippen molar-refractivity contribution in [1.29, 1.82) is 5.41 Å². The lowest BCUT2D eigenvalue weighted by molar-refractivity contribution is 0.281. The van der Waals surface area contributed by atoms with E-state index in [4.69, 9.17) is 21.6 Å². The average molecular weight is 454 g/mol. The molecule has 7 heteroatoms. The standard InChI is InChI=1S/C27H27N5O2/c1-17-31-26(30)24(14-19-5-4-6-20(13-19)15-33)27(32-17)34-16-18-9-11-21(12-10-18)22-7-2-3-8-23(22)25(28)29/h2-13,33H,14-16H2,1H3,(H3,28,29)(H2,30,31,32). The molecule has 0 aliphatic carbocycles. The summed E-state index contributed by atoms with van der Waals surface area (Å²) in [4.78, 5) is 8.79. The Kier molecular flexibility index (Phi) is 6.85. The van der Waals surface area contributed by atoms with Crippen LogP contribution in [0.15, 0.2) is 72.8 Å². The summed E-state index contributed by atoms with van der Waals surface area (Å²) < 4.78 is 6.09. The van der Waals surface area contributed by atoms with Gasteiger partial charge in [0.2, 0.25) is 5.88 Å². The first-order valence-corrected chi connectivity index (χ1v) is 10.9. The van der Waals surface area contributed by atoms with E-state index in [0.717, 1.165) is 27.8 Å². The van der Waals surface area contributed by atoms with Crippen LogP contribution in [0.4, 0.5) is 5.82 Å². The Balaban J connectivity index is 1.54. The van der Waals surface area contributed by atoms with E-state index in [-0.39, 0.29) is 12.4 Å². The van der Waals surface area contributed by atoms with E-state index >= 15 is 0 Å². The van der Waals surface area contributed by atoms with Gasteiger partial charge in [-0.2, -0.15) is 4.98 Å². The number of benzene rings is 3. The van der Waals surface area contributed by atoms with Gasteiger partial charge in [-0.1, -0.05) is 72.8 Å². The van der Waals surface area contributed by atoms with E-state index in [9.17, 15) is 5.11 Å². The third-order valence-corrected chi connectivity index (χ3v) is 5.53. The van der Waals surface area contributed by atoms with Gasteiger partial charge in [0, 0.05) is 12.0 Å². The van der Waals surface area contributed by atoms with Crippen molar-refractivity contribution in [1.82, 2.24) is 9.97 Å². The van der Waals surface area contributed by atoms with E-state index in [1.165, 1.54) is 0 Å². The summed E-state index contributed by atoms with van der Waals surface area (Å²) in [6, 6.07) is 23.2. The largest absolute Gasteiger partial charge is 0.472 e. The molecule has 4 aromatic rings. The van der Waals surface area contributed by atoms with Crippen molar-refractivity contribution in [2.45, 2.75) is 26.6 Å². The molecule has 0 radical (unpaired) electrons. The number of anilines is 1. The highest BCUT2D eigenvalue weighted by atomic mass is 16.5. The van der Waals surface area contributed by atoms with Gasteiger partial charge in [0.1, 0.15) is 24.1 Å². The molecule has 1 heterocycles. The van der Waals surface area contributed by atoms with Crippen LogP contribution in [0.5, 0.6) is 5.88 Å². The SMILES string of the molecule is Cc1nc(N)c(Cc2cccc(CO)c2)c(OCc2ccc(-c3ccccc3C(=N)N)cc2)n1. The van der Waals surface area contributed by atoms with Crippen LogP contribution in [-0.4, -0.2) is 20.9 Å². The Morgan fingerprint density at radius 2 is 1.68 bits per heavy atom. The highest BCUT2D eigenvalue weighted by Gasteiger charge is 2.14. The maximum Gasteiger partial charge on any atom is 0.222 e. The van der Waals surface area contributed by atoms with Gasteiger partial charge in [0.25, 0.3) is 0 Å². The first-order chi connectivity index (χ1) is 16.4. The van der Waals surface area contributed by atoms with Crippen molar-refractivity contribution < 1.29 is 9.84 Å². The number of nitrogens with zero attached hydrogens (tertiary/aromatic N) is 2. The van der Waals surface area contributed by atoms with Crippen LogP contribution in [0.2, 0.25) is 0 Å². The summed E-state index contributed by atoms with van der Waals surface area (Å²) in [5.41, 5.74) is 18.0. The number of hydrogen-bond acceptors (Lipinski definition) is 6. The molecule has 0 aliphatic heterocycles. The van der Waals surface area contributed by atoms with Crippen molar-refractivity contribution in [3.05, 3.63) is 106 Å². The smallest absolute Gasteiger partial charge is 0.222 e. The fourth-order valence-corrected chi connectivity index (χ4v) is 3.82. The fraction of sp³-hybridized carbons (Fsp3) is 0.148. The molecule has 0 bridgehead atoms. The van der Waals surface area contributed by atoms with Crippen LogP contribution in [0.1, 0.15) is 33.6 Å². The zero-order valence-electron chi connectivity index (χ0n) is 19.0. The average Bonchev–Trinajstić information content (AvgIpc) is 2.85.